The topological polar surface area (TPSA) is 143 Å². The van der Waals surface area contributed by atoms with E-state index < -0.39 is 15.4 Å². The molecule has 0 atom stereocenters. The zero-order valence-corrected chi connectivity index (χ0v) is 20.6. The molecule has 4 rings (SSSR count). The van der Waals surface area contributed by atoms with Gasteiger partial charge in [-0.3, -0.25) is 4.79 Å². The quantitative estimate of drug-likeness (QED) is 0.166. The van der Waals surface area contributed by atoms with Crippen LogP contribution in [0.3, 0.4) is 0 Å². The summed E-state index contributed by atoms with van der Waals surface area (Å²) in [5.41, 5.74) is 7.89. The number of nitrogens with one attached hydrogen (secondary N) is 2. The average Bonchev–Trinajstić information content (AvgIpc) is 2.89. The van der Waals surface area contributed by atoms with Gasteiger partial charge in [0.05, 0.1) is 4.90 Å². The molecular formula is C26H28N4O5S. The maximum Gasteiger partial charge on any atom is 0.250 e. The Morgan fingerprint density at radius 1 is 1.00 bits per heavy atom. The molecule has 0 saturated carbocycles. The fourth-order valence-corrected chi connectivity index (χ4v) is 5.14. The molecular weight excluding hydrogens is 480 g/mol. The van der Waals surface area contributed by atoms with Crippen LogP contribution in [0.4, 0.5) is 11.4 Å². The number of benzene rings is 3. The standard InChI is InChI=1S/C26H28N4O5S/c1-36(33,34)23-8-3-2-7-22(23)18-9-11-20(12-10-18)28-25(31)26(13-15-35-16-14-26)29-21-6-4-5-19(17-21)24(27)30-32/h2-12,17,29,32H,13-16H2,1H3,(H2,27,30)(H,28,31). The molecule has 0 spiro atoms. The SMILES string of the molecule is CS(=O)(=O)c1ccccc1-c1ccc(NC(=O)C2(Nc3cccc(/C(N)=N/O)c3)CCOCC2)cc1. The van der Waals surface area contributed by atoms with Crippen LogP contribution in [-0.2, 0) is 19.4 Å². The van der Waals surface area contributed by atoms with E-state index in [4.69, 9.17) is 15.7 Å². The van der Waals surface area contributed by atoms with Crippen molar-refractivity contribution >= 4 is 33.0 Å². The van der Waals surface area contributed by atoms with Crippen molar-refractivity contribution in [3.05, 3.63) is 78.4 Å². The van der Waals surface area contributed by atoms with Gasteiger partial charge < -0.3 is 26.3 Å². The number of carbonyl (C=O) groups excluding carboxylic acids is 1. The van der Waals surface area contributed by atoms with E-state index in [1.54, 1.807) is 66.7 Å². The monoisotopic (exact) mass is 508 g/mol. The molecule has 1 aliphatic heterocycles. The number of sulfone groups is 1. The molecule has 1 aliphatic rings. The number of anilines is 2. The average molecular weight is 509 g/mol. The molecule has 0 bridgehead atoms. The van der Waals surface area contributed by atoms with Crippen LogP contribution in [0.15, 0.2) is 82.8 Å². The summed E-state index contributed by atoms with van der Waals surface area (Å²) in [6.45, 7) is 0.836. The first-order valence-corrected chi connectivity index (χ1v) is 13.3. The van der Waals surface area contributed by atoms with Crippen LogP contribution in [0.2, 0.25) is 0 Å². The van der Waals surface area contributed by atoms with Crippen LogP contribution in [0, 0.1) is 0 Å². The highest BCUT2D eigenvalue weighted by Crippen LogP contribution is 2.31. The number of amidine groups is 1. The highest BCUT2D eigenvalue weighted by Gasteiger charge is 2.40. The van der Waals surface area contributed by atoms with Gasteiger partial charge in [0.1, 0.15) is 5.54 Å². The lowest BCUT2D eigenvalue weighted by atomic mass is 9.88. The molecule has 1 saturated heterocycles. The molecule has 10 heteroatoms. The van der Waals surface area contributed by atoms with Gasteiger partial charge >= 0.3 is 0 Å². The fourth-order valence-electron chi connectivity index (χ4n) is 4.23. The van der Waals surface area contributed by atoms with Crippen molar-refractivity contribution in [2.45, 2.75) is 23.3 Å². The Morgan fingerprint density at radius 2 is 1.69 bits per heavy atom. The lowest BCUT2D eigenvalue weighted by molar-refractivity contribution is -0.123. The molecule has 1 heterocycles. The molecule has 0 aromatic heterocycles. The van der Waals surface area contributed by atoms with Gasteiger partial charge in [-0.25, -0.2) is 8.42 Å². The van der Waals surface area contributed by atoms with E-state index in [9.17, 15) is 13.2 Å². The number of ether oxygens (including phenoxy) is 1. The summed E-state index contributed by atoms with van der Waals surface area (Å²) in [5.74, 6) is -0.244. The summed E-state index contributed by atoms with van der Waals surface area (Å²) in [5, 5.41) is 18.3. The molecule has 0 aliphatic carbocycles. The van der Waals surface area contributed by atoms with E-state index in [2.05, 4.69) is 15.8 Å². The van der Waals surface area contributed by atoms with E-state index in [0.717, 1.165) is 5.56 Å². The third-order valence-corrected chi connectivity index (χ3v) is 7.33. The Kier molecular flexibility index (Phi) is 7.27. The van der Waals surface area contributed by atoms with Crippen molar-refractivity contribution in [2.24, 2.45) is 10.9 Å². The first-order valence-electron chi connectivity index (χ1n) is 11.4. The number of nitrogens with two attached hydrogens (primary N) is 1. The van der Waals surface area contributed by atoms with E-state index in [0.29, 0.717) is 48.6 Å². The molecule has 0 radical (unpaired) electrons. The van der Waals surface area contributed by atoms with Crippen molar-refractivity contribution in [1.29, 1.82) is 0 Å². The minimum absolute atomic E-state index is 0.0262. The molecule has 3 aromatic carbocycles. The van der Waals surface area contributed by atoms with Gasteiger partial charge in [-0.1, -0.05) is 47.6 Å². The van der Waals surface area contributed by atoms with Crippen molar-refractivity contribution < 1.29 is 23.2 Å². The maximum absolute atomic E-state index is 13.5. The van der Waals surface area contributed by atoms with Gasteiger partial charge in [0.25, 0.3) is 0 Å². The van der Waals surface area contributed by atoms with Crippen LogP contribution < -0.4 is 16.4 Å². The predicted octanol–water partition coefficient (Wildman–Crippen LogP) is 3.45. The Labute approximate surface area is 209 Å². The van der Waals surface area contributed by atoms with E-state index >= 15 is 0 Å². The first-order chi connectivity index (χ1) is 17.2. The predicted molar refractivity (Wildman–Crippen MR) is 139 cm³/mol. The van der Waals surface area contributed by atoms with E-state index in [-0.39, 0.29) is 16.6 Å². The van der Waals surface area contributed by atoms with Crippen LogP contribution >= 0.6 is 0 Å². The third kappa shape index (κ3) is 5.50. The molecule has 5 N–H and O–H groups in total. The molecule has 36 heavy (non-hydrogen) atoms. The number of rotatable bonds is 7. The number of amides is 1. The highest BCUT2D eigenvalue weighted by atomic mass is 32.2. The van der Waals surface area contributed by atoms with Gasteiger partial charge in [0.2, 0.25) is 5.91 Å². The number of nitrogens with zero attached hydrogens (tertiary/aromatic N) is 1. The molecule has 188 valence electrons. The first kappa shape index (κ1) is 25.2. The second kappa shape index (κ2) is 10.4. The number of carbonyl (C=O) groups is 1. The maximum atomic E-state index is 13.5. The molecule has 9 nitrogen and oxygen atoms in total. The third-order valence-electron chi connectivity index (χ3n) is 6.17. The van der Waals surface area contributed by atoms with Gasteiger partial charge in [0.15, 0.2) is 15.7 Å². The summed E-state index contributed by atoms with van der Waals surface area (Å²) < 4.78 is 29.9. The van der Waals surface area contributed by atoms with Crippen molar-refractivity contribution in [3.8, 4) is 11.1 Å². The van der Waals surface area contributed by atoms with Crippen molar-refractivity contribution in [3.63, 3.8) is 0 Å². The van der Waals surface area contributed by atoms with Gasteiger partial charge in [-0.2, -0.15) is 0 Å². The van der Waals surface area contributed by atoms with Crippen molar-refractivity contribution in [2.75, 3.05) is 30.1 Å². The fraction of sp³-hybridized carbons (Fsp3) is 0.231. The second-order valence-electron chi connectivity index (χ2n) is 8.69. The zero-order chi connectivity index (χ0) is 25.8. The van der Waals surface area contributed by atoms with Crippen LogP contribution in [0.5, 0.6) is 0 Å². The van der Waals surface area contributed by atoms with Gasteiger partial charge in [0, 0.05) is 54.8 Å². The molecule has 0 unspecified atom stereocenters. The number of hydrogen-bond donors (Lipinski definition) is 4. The van der Waals surface area contributed by atoms with E-state index in [1.165, 1.54) is 6.26 Å². The highest BCUT2D eigenvalue weighted by molar-refractivity contribution is 7.90. The minimum Gasteiger partial charge on any atom is -0.409 e. The largest absolute Gasteiger partial charge is 0.409 e. The van der Waals surface area contributed by atoms with Crippen LogP contribution in [0.25, 0.3) is 11.1 Å². The van der Waals surface area contributed by atoms with Crippen LogP contribution in [0.1, 0.15) is 18.4 Å². The van der Waals surface area contributed by atoms with Gasteiger partial charge in [-0.15, -0.1) is 0 Å². The summed E-state index contributed by atoms with van der Waals surface area (Å²) in [6, 6.07) is 20.9. The van der Waals surface area contributed by atoms with E-state index in [1.807, 2.05) is 6.07 Å². The Morgan fingerprint density at radius 3 is 2.36 bits per heavy atom. The lowest BCUT2D eigenvalue weighted by Gasteiger charge is -2.37. The lowest BCUT2D eigenvalue weighted by Crippen LogP contribution is -2.53. The summed E-state index contributed by atoms with van der Waals surface area (Å²) >= 11 is 0. The van der Waals surface area contributed by atoms with Crippen LogP contribution in [-0.4, -0.2) is 50.4 Å². The minimum atomic E-state index is -3.39. The van der Waals surface area contributed by atoms with Crippen molar-refractivity contribution in [1.82, 2.24) is 0 Å². The zero-order valence-electron chi connectivity index (χ0n) is 19.8. The smallest absolute Gasteiger partial charge is 0.250 e. The summed E-state index contributed by atoms with van der Waals surface area (Å²) in [7, 11) is -3.39. The summed E-state index contributed by atoms with van der Waals surface area (Å²) in [6.07, 6.45) is 2.08. The second-order valence-corrected chi connectivity index (χ2v) is 10.7. The molecule has 1 amide bonds. The summed E-state index contributed by atoms with van der Waals surface area (Å²) in [4.78, 5) is 13.8. The van der Waals surface area contributed by atoms with Gasteiger partial charge in [-0.05, 0) is 35.9 Å². The Hall–Kier alpha value is -3.89. The number of oxime groups is 1. The molecule has 1 fully saturated rings. The Balaban J connectivity index is 1.57. The number of hydrogen-bond acceptors (Lipinski definition) is 7. The Bertz CT molecular complexity index is 1380. The normalized spacial score (nSPS) is 15.8. The molecule has 3 aromatic rings.